The smallest absolute Gasteiger partial charge is 0.119 e. The van der Waals surface area contributed by atoms with Gasteiger partial charge in [-0.15, -0.1) is 0 Å². The maximum Gasteiger partial charge on any atom is 0.119 e. The van der Waals surface area contributed by atoms with Crippen LogP contribution in [0.5, 0.6) is 5.75 Å². The fourth-order valence-electron chi connectivity index (χ4n) is 1.34. The lowest BCUT2D eigenvalue weighted by atomic mass is 10.1. The lowest BCUT2D eigenvalue weighted by molar-refractivity contribution is 0.174. The van der Waals surface area contributed by atoms with E-state index in [9.17, 15) is 0 Å². The molecular formula is C13H21NO2. The van der Waals surface area contributed by atoms with Gasteiger partial charge in [0.25, 0.3) is 0 Å². The SMILES string of the molecule is CCC(N)c1ccc(OCC(C)CO)cc1. The first-order valence-corrected chi connectivity index (χ1v) is 5.76. The van der Waals surface area contributed by atoms with Gasteiger partial charge in [0, 0.05) is 18.6 Å². The molecule has 1 aromatic rings. The van der Waals surface area contributed by atoms with Crippen molar-refractivity contribution in [1.29, 1.82) is 0 Å². The van der Waals surface area contributed by atoms with Gasteiger partial charge in [-0.05, 0) is 24.1 Å². The van der Waals surface area contributed by atoms with Gasteiger partial charge in [0.1, 0.15) is 5.75 Å². The molecule has 0 spiro atoms. The fourth-order valence-corrected chi connectivity index (χ4v) is 1.34. The van der Waals surface area contributed by atoms with E-state index < -0.39 is 0 Å². The molecular weight excluding hydrogens is 202 g/mol. The molecule has 2 atom stereocenters. The summed E-state index contributed by atoms with van der Waals surface area (Å²) in [6.07, 6.45) is 0.932. The van der Waals surface area contributed by atoms with Crippen LogP contribution in [-0.2, 0) is 0 Å². The highest BCUT2D eigenvalue weighted by molar-refractivity contribution is 5.28. The minimum Gasteiger partial charge on any atom is -0.493 e. The topological polar surface area (TPSA) is 55.5 Å². The molecule has 1 rings (SSSR count). The van der Waals surface area contributed by atoms with E-state index >= 15 is 0 Å². The van der Waals surface area contributed by atoms with Crippen LogP contribution >= 0.6 is 0 Å². The Morgan fingerprint density at radius 3 is 2.44 bits per heavy atom. The third-order valence-electron chi connectivity index (χ3n) is 2.59. The number of nitrogens with two attached hydrogens (primary N) is 1. The van der Waals surface area contributed by atoms with Gasteiger partial charge in [0.15, 0.2) is 0 Å². The molecule has 0 saturated carbocycles. The van der Waals surface area contributed by atoms with Gasteiger partial charge >= 0.3 is 0 Å². The van der Waals surface area contributed by atoms with Crippen LogP contribution in [0.25, 0.3) is 0 Å². The molecule has 0 aliphatic carbocycles. The Labute approximate surface area is 97.2 Å². The molecule has 2 unspecified atom stereocenters. The van der Waals surface area contributed by atoms with Gasteiger partial charge in [-0.25, -0.2) is 0 Å². The van der Waals surface area contributed by atoms with Crippen molar-refractivity contribution < 1.29 is 9.84 Å². The molecule has 0 amide bonds. The molecule has 0 fully saturated rings. The minimum atomic E-state index is 0.102. The van der Waals surface area contributed by atoms with Crippen molar-refractivity contribution in [1.82, 2.24) is 0 Å². The monoisotopic (exact) mass is 223 g/mol. The molecule has 3 N–H and O–H groups in total. The van der Waals surface area contributed by atoms with Gasteiger partial charge < -0.3 is 15.6 Å². The van der Waals surface area contributed by atoms with E-state index in [0.29, 0.717) is 6.61 Å². The molecule has 0 heterocycles. The Balaban J connectivity index is 2.51. The van der Waals surface area contributed by atoms with E-state index in [1.165, 1.54) is 0 Å². The zero-order valence-corrected chi connectivity index (χ0v) is 10.0. The van der Waals surface area contributed by atoms with Crippen LogP contribution in [0.15, 0.2) is 24.3 Å². The van der Waals surface area contributed by atoms with Crippen LogP contribution < -0.4 is 10.5 Å². The van der Waals surface area contributed by atoms with E-state index in [-0.39, 0.29) is 18.6 Å². The quantitative estimate of drug-likeness (QED) is 0.776. The van der Waals surface area contributed by atoms with Crippen LogP contribution in [0.1, 0.15) is 31.9 Å². The second-order valence-corrected chi connectivity index (χ2v) is 4.18. The summed E-state index contributed by atoms with van der Waals surface area (Å²) in [5.74, 6) is 0.991. The number of aliphatic hydroxyl groups is 1. The molecule has 0 bridgehead atoms. The highest BCUT2D eigenvalue weighted by atomic mass is 16.5. The molecule has 0 aliphatic heterocycles. The summed E-state index contributed by atoms with van der Waals surface area (Å²) in [5.41, 5.74) is 7.04. The van der Waals surface area contributed by atoms with Crippen LogP contribution in [0.2, 0.25) is 0 Å². The van der Waals surface area contributed by atoms with Crippen molar-refractivity contribution in [2.24, 2.45) is 11.7 Å². The number of ether oxygens (including phenoxy) is 1. The number of benzene rings is 1. The minimum absolute atomic E-state index is 0.102. The Bertz CT molecular complexity index is 297. The molecule has 90 valence electrons. The van der Waals surface area contributed by atoms with Gasteiger partial charge in [-0.3, -0.25) is 0 Å². The first-order chi connectivity index (χ1) is 7.67. The standard InChI is InChI=1S/C13H21NO2/c1-3-13(14)11-4-6-12(7-5-11)16-9-10(2)8-15/h4-7,10,13,15H,3,8-9,14H2,1-2H3. The Hall–Kier alpha value is -1.06. The summed E-state index contributed by atoms with van der Waals surface area (Å²) in [4.78, 5) is 0. The second kappa shape index (κ2) is 6.51. The average Bonchev–Trinajstić information content (AvgIpc) is 2.35. The maximum atomic E-state index is 8.87. The van der Waals surface area contributed by atoms with E-state index in [1.807, 2.05) is 31.2 Å². The highest BCUT2D eigenvalue weighted by Crippen LogP contribution is 2.18. The summed E-state index contributed by atoms with van der Waals surface area (Å²) in [7, 11) is 0. The third kappa shape index (κ3) is 3.83. The van der Waals surface area contributed by atoms with E-state index in [2.05, 4.69) is 6.92 Å². The predicted molar refractivity (Wildman–Crippen MR) is 65.4 cm³/mol. The zero-order chi connectivity index (χ0) is 12.0. The Morgan fingerprint density at radius 1 is 1.31 bits per heavy atom. The summed E-state index contributed by atoms with van der Waals surface area (Å²) in [6, 6.07) is 7.94. The second-order valence-electron chi connectivity index (χ2n) is 4.18. The van der Waals surface area contributed by atoms with Crippen molar-refractivity contribution in [3.63, 3.8) is 0 Å². The largest absolute Gasteiger partial charge is 0.493 e. The van der Waals surface area contributed by atoms with Crippen LogP contribution in [-0.4, -0.2) is 18.3 Å². The lowest BCUT2D eigenvalue weighted by Crippen LogP contribution is -2.12. The molecule has 0 saturated heterocycles. The molecule has 3 nitrogen and oxygen atoms in total. The number of hydrogen-bond donors (Lipinski definition) is 2. The molecule has 1 aromatic carbocycles. The van der Waals surface area contributed by atoms with Gasteiger partial charge in [-0.1, -0.05) is 26.0 Å². The van der Waals surface area contributed by atoms with E-state index in [0.717, 1.165) is 17.7 Å². The van der Waals surface area contributed by atoms with Crippen molar-refractivity contribution >= 4 is 0 Å². The van der Waals surface area contributed by atoms with Crippen LogP contribution in [0, 0.1) is 5.92 Å². The van der Waals surface area contributed by atoms with Crippen LogP contribution in [0.3, 0.4) is 0 Å². The summed E-state index contributed by atoms with van der Waals surface area (Å²) in [6.45, 7) is 4.70. The van der Waals surface area contributed by atoms with Crippen molar-refractivity contribution in [3.05, 3.63) is 29.8 Å². The summed E-state index contributed by atoms with van der Waals surface area (Å²) in [5, 5.41) is 8.87. The Morgan fingerprint density at radius 2 is 1.94 bits per heavy atom. The average molecular weight is 223 g/mol. The van der Waals surface area contributed by atoms with Gasteiger partial charge in [-0.2, -0.15) is 0 Å². The fraction of sp³-hybridized carbons (Fsp3) is 0.538. The predicted octanol–water partition coefficient (Wildman–Crippen LogP) is 2.10. The van der Waals surface area contributed by atoms with Crippen molar-refractivity contribution in [3.8, 4) is 5.75 Å². The van der Waals surface area contributed by atoms with Crippen molar-refractivity contribution in [2.75, 3.05) is 13.2 Å². The molecule has 0 aromatic heterocycles. The number of aliphatic hydroxyl groups excluding tert-OH is 1. The molecule has 16 heavy (non-hydrogen) atoms. The molecule has 0 radical (unpaired) electrons. The molecule has 0 aliphatic rings. The first kappa shape index (κ1) is 13.0. The summed E-state index contributed by atoms with van der Waals surface area (Å²) < 4.78 is 5.53. The first-order valence-electron chi connectivity index (χ1n) is 5.76. The van der Waals surface area contributed by atoms with Gasteiger partial charge in [0.05, 0.1) is 6.61 Å². The Kier molecular flexibility index (Phi) is 5.29. The van der Waals surface area contributed by atoms with Crippen molar-refractivity contribution in [2.45, 2.75) is 26.3 Å². The molecule has 3 heteroatoms. The normalized spacial score (nSPS) is 14.5. The zero-order valence-electron chi connectivity index (χ0n) is 10.0. The summed E-state index contributed by atoms with van der Waals surface area (Å²) >= 11 is 0. The number of hydrogen-bond acceptors (Lipinski definition) is 3. The van der Waals surface area contributed by atoms with E-state index in [1.54, 1.807) is 0 Å². The number of rotatable bonds is 6. The highest BCUT2D eigenvalue weighted by Gasteiger charge is 2.04. The maximum absolute atomic E-state index is 8.87. The van der Waals surface area contributed by atoms with Gasteiger partial charge in [0.2, 0.25) is 0 Å². The van der Waals surface area contributed by atoms with Crippen LogP contribution in [0.4, 0.5) is 0 Å². The third-order valence-corrected chi connectivity index (χ3v) is 2.59. The van der Waals surface area contributed by atoms with E-state index in [4.69, 9.17) is 15.6 Å². The lowest BCUT2D eigenvalue weighted by Gasteiger charge is -2.12.